The molecule has 9 nitrogen and oxygen atoms in total. The van der Waals surface area contributed by atoms with Gasteiger partial charge >= 0.3 is 11.9 Å². The maximum Gasteiger partial charge on any atom is 0.340 e. The van der Waals surface area contributed by atoms with Crippen LogP contribution in [0.2, 0.25) is 0 Å². The van der Waals surface area contributed by atoms with Crippen molar-refractivity contribution in [3.05, 3.63) is 87.6 Å². The van der Waals surface area contributed by atoms with Crippen LogP contribution in [0.3, 0.4) is 0 Å². The van der Waals surface area contributed by atoms with Crippen LogP contribution in [0.25, 0.3) is 6.08 Å². The summed E-state index contributed by atoms with van der Waals surface area (Å²) in [5.41, 5.74) is 4.37. The molecule has 1 saturated heterocycles. The van der Waals surface area contributed by atoms with E-state index in [0.29, 0.717) is 23.7 Å². The molecule has 12 rings (SSSR count). The lowest BCUT2D eigenvalue weighted by Crippen LogP contribution is -2.53. The number of carbonyl (C=O) groups is 4. The molecule has 1 aromatic rings. The third kappa shape index (κ3) is 5.09. The lowest BCUT2D eigenvalue weighted by Gasteiger charge is -2.57. The van der Waals surface area contributed by atoms with Crippen molar-refractivity contribution < 1.29 is 28.7 Å². The smallest absolute Gasteiger partial charge is 0.340 e. The molecule has 1 aromatic heterocycles. The Hall–Kier alpha value is -3.83. The summed E-state index contributed by atoms with van der Waals surface area (Å²) in [6.45, 7) is 4.56. The van der Waals surface area contributed by atoms with Gasteiger partial charge in [-0.25, -0.2) is 14.6 Å². The highest BCUT2D eigenvalue weighted by atomic mass is 33.1. The molecule has 7 atom stereocenters. The van der Waals surface area contributed by atoms with Gasteiger partial charge in [0.2, 0.25) is 0 Å². The van der Waals surface area contributed by atoms with Gasteiger partial charge in [0.1, 0.15) is 22.7 Å². The second kappa shape index (κ2) is 12.9. The minimum Gasteiger partial charge on any atom is -0.427 e. The minimum absolute atomic E-state index is 0.0293. The van der Waals surface area contributed by atoms with E-state index in [9.17, 15) is 19.2 Å². The fourth-order valence-electron chi connectivity index (χ4n) is 11.6. The Kier molecular flexibility index (Phi) is 8.25. The van der Waals surface area contributed by atoms with E-state index in [4.69, 9.17) is 14.5 Å². The summed E-state index contributed by atoms with van der Waals surface area (Å²) in [7, 11) is 3.57. The van der Waals surface area contributed by atoms with E-state index in [-0.39, 0.29) is 58.8 Å². The standard InChI is InChI=1S/C43H45N3O6S2/c1-3-42(16-4-5-17-42)20-30-28-8-7-26-25-14-18-43(37(26)36(28)40(49)51-30)31-10-6-23(2)22-53-54-32-11-9-27-24(15-19-44-39(27)45-32)29(35(25)38(43)41(50)52-31)21-46-33(47)12-13-34(46)48/h9-13,15,19-20,23,25-26,29,32,37H,3-8,14,16-18,21-22H2,1-2H3,(H,44,45)/b30-20-,31-10+/t23-,25-,26-,29-,32+,37+,43-/m0/s1. The Morgan fingerprint density at radius 1 is 1.04 bits per heavy atom. The molecular formula is C43H45N3O6S2. The summed E-state index contributed by atoms with van der Waals surface area (Å²) in [5.74, 6) is 1.28. The number of hydrogen-bond acceptors (Lipinski definition) is 10. The largest absolute Gasteiger partial charge is 0.427 e. The van der Waals surface area contributed by atoms with E-state index in [1.165, 1.54) is 29.9 Å². The summed E-state index contributed by atoms with van der Waals surface area (Å²) in [6, 6.07) is 1.98. The van der Waals surface area contributed by atoms with E-state index < -0.39 is 11.3 Å². The van der Waals surface area contributed by atoms with Gasteiger partial charge in [0.25, 0.3) is 11.8 Å². The number of nitrogens with one attached hydrogen (secondary N) is 1. The number of pyridine rings is 1. The number of rotatable bonds is 4. The second-order valence-electron chi connectivity index (χ2n) is 16.8. The third-order valence-electron chi connectivity index (χ3n) is 14.1. The Balaban J connectivity index is 1.21. The summed E-state index contributed by atoms with van der Waals surface area (Å²) in [4.78, 5) is 61.6. The van der Waals surface area contributed by atoms with E-state index in [0.717, 1.165) is 90.1 Å². The van der Waals surface area contributed by atoms with Crippen LogP contribution in [0, 0.1) is 34.5 Å². The fraction of sp³-hybridized carbons (Fsp3) is 0.512. The quantitative estimate of drug-likeness (QED) is 0.183. The number of aromatic nitrogens is 1. The van der Waals surface area contributed by atoms with E-state index >= 15 is 0 Å². The van der Waals surface area contributed by atoms with Gasteiger partial charge in [-0.2, -0.15) is 0 Å². The van der Waals surface area contributed by atoms with Crippen LogP contribution in [0.4, 0.5) is 5.82 Å². The first-order chi connectivity index (χ1) is 26.2. The molecule has 11 aliphatic rings. The van der Waals surface area contributed by atoms with Crippen molar-refractivity contribution >= 4 is 57.2 Å². The summed E-state index contributed by atoms with van der Waals surface area (Å²) in [5, 5.41) is 3.64. The number of nitrogens with zero attached hydrogens (tertiary/aromatic N) is 2. The average molecular weight is 764 g/mol. The number of allylic oxidation sites excluding steroid dienone is 4. The first-order valence-corrected chi connectivity index (χ1v) is 22.2. The SMILES string of the molecule is CCC1(/C=C2\OC(=O)C3=C2CC[C@H]2[C@@H]4CC[C@@]5(C6=C4[C@@H](CN4C(=O)C=CC4=O)c4ccnc7c4C=C[C@H](N7)SSC[C@@H](C)C/C=C\5OC6=O)[C@@H]32)CCCC1. The highest BCUT2D eigenvalue weighted by molar-refractivity contribution is 8.77. The predicted molar refractivity (Wildman–Crippen MR) is 208 cm³/mol. The fourth-order valence-corrected chi connectivity index (χ4v) is 14.2. The molecule has 2 saturated carbocycles. The minimum atomic E-state index is -0.850. The van der Waals surface area contributed by atoms with Crippen molar-refractivity contribution in [3.63, 3.8) is 0 Å². The molecule has 0 unspecified atom stereocenters. The van der Waals surface area contributed by atoms with Gasteiger partial charge in [0.15, 0.2) is 0 Å². The molecule has 11 heteroatoms. The summed E-state index contributed by atoms with van der Waals surface area (Å²) < 4.78 is 12.8. The van der Waals surface area contributed by atoms with Crippen LogP contribution in [0.15, 0.2) is 76.5 Å². The second-order valence-corrected chi connectivity index (χ2v) is 19.3. The number of anilines is 1. The molecule has 9 bridgehead atoms. The Morgan fingerprint density at radius 2 is 1.85 bits per heavy atom. The highest BCUT2D eigenvalue weighted by Gasteiger charge is 2.69. The van der Waals surface area contributed by atoms with Gasteiger partial charge in [-0.05, 0) is 104 Å². The van der Waals surface area contributed by atoms with Gasteiger partial charge in [0.05, 0.1) is 11.0 Å². The lowest BCUT2D eigenvalue weighted by molar-refractivity contribution is -0.137. The molecule has 3 fully saturated rings. The molecular weight excluding hydrogens is 719 g/mol. The van der Waals surface area contributed by atoms with Gasteiger partial charge < -0.3 is 14.8 Å². The Labute approximate surface area is 323 Å². The van der Waals surface area contributed by atoms with Gasteiger partial charge in [0, 0.05) is 59.2 Å². The molecule has 6 aliphatic heterocycles. The van der Waals surface area contributed by atoms with Crippen molar-refractivity contribution in [3.8, 4) is 0 Å². The summed E-state index contributed by atoms with van der Waals surface area (Å²) >= 11 is 0. The van der Waals surface area contributed by atoms with Crippen molar-refractivity contribution in [1.29, 1.82) is 0 Å². The molecule has 5 aliphatic carbocycles. The topological polar surface area (TPSA) is 115 Å². The molecule has 0 aromatic carbocycles. The average Bonchev–Trinajstić information content (AvgIpc) is 3.94. The first kappa shape index (κ1) is 34.6. The van der Waals surface area contributed by atoms with E-state index in [1.54, 1.807) is 17.0 Å². The number of hydrogen-bond donors (Lipinski definition) is 1. The Morgan fingerprint density at radius 3 is 2.65 bits per heavy atom. The normalized spacial score (nSPS) is 36.4. The maximum atomic E-state index is 14.7. The van der Waals surface area contributed by atoms with E-state index in [1.807, 2.05) is 16.9 Å². The number of esters is 2. The van der Waals surface area contributed by atoms with Crippen LogP contribution < -0.4 is 5.32 Å². The van der Waals surface area contributed by atoms with Gasteiger partial charge in [-0.3, -0.25) is 14.5 Å². The van der Waals surface area contributed by atoms with Crippen LogP contribution in [0.1, 0.15) is 95.1 Å². The first-order valence-electron chi connectivity index (χ1n) is 19.8. The molecule has 0 radical (unpaired) electrons. The van der Waals surface area contributed by atoms with E-state index in [2.05, 4.69) is 43.5 Å². The zero-order valence-electron chi connectivity index (χ0n) is 30.7. The van der Waals surface area contributed by atoms with Crippen LogP contribution >= 0.6 is 21.6 Å². The third-order valence-corrected chi connectivity index (χ3v) is 16.9. The van der Waals surface area contributed by atoms with Crippen molar-refractivity contribution in [2.45, 2.75) is 89.3 Å². The monoisotopic (exact) mass is 763 g/mol. The Bertz CT molecular complexity index is 2070. The zero-order chi connectivity index (χ0) is 36.9. The molecule has 7 heterocycles. The van der Waals surface area contributed by atoms with Gasteiger partial charge in [-0.15, -0.1) is 0 Å². The van der Waals surface area contributed by atoms with Crippen molar-refractivity contribution in [2.24, 2.45) is 34.5 Å². The molecule has 1 N–H and O–H groups in total. The molecule has 280 valence electrons. The van der Waals surface area contributed by atoms with Crippen molar-refractivity contribution in [2.75, 3.05) is 17.6 Å². The van der Waals surface area contributed by atoms with Gasteiger partial charge in [-0.1, -0.05) is 60.4 Å². The number of cyclic esters (lactones) is 1. The number of imide groups is 1. The number of carbonyl (C=O) groups excluding carboxylic acids is 4. The van der Waals surface area contributed by atoms with Crippen LogP contribution in [-0.2, 0) is 28.7 Å². The molecule has 1 spiro atoms. The van der Waals surface area contributed by atoms with Crippen molar-refractivity contribution in [1.82, 2.24) is 9.88 Å². The summed E-state index contributed by atoms with van der Waals surface area (Å²) in [6.07, 6.45) is 22.5. The number of amides is 2. The van der Waals surface area contributed by atoms with Crippen LogP contribution in [0.5, 0.6) is 0 Å². The number of fused-ring (bicyclic) bond motifs is 6. The maximum absolute atomic E-state index is 14.7. The highest BCUT2D eigenvalue weighted by Crippen LogP contribution is 2.72. The number of ether oxygens (including phenoxy) is 2. The molecule has 54 heavy (non-hydrogen) atoms. The van der Waals surface area contributed by atoms with Crippen LogP contribution in [-0.4, -0.2) is 51.3 Å². The lowest BCUT2D eigenvalue weighted by atomic mass is 9.43. The predicted octanol–water partition coefficient (Wildman–Crippen LogP) is 8.16. The zero-order valence-corrected chi connectivity index (χ0v) is 32.4. The molecule has 2 amide bonds.